The number of benzene rings is 1. The fourth-order valence-corrected chi connectivity index (χ4v) is 2.14. The highest BCUT2D eigenvalue weighted by Gasteiger charge is 2.17. The van der Waals surface area contributed by atoms with Crippen molar-refractivity contribution in [2.24, 2.45) is 0 Å². The summed E-state index contributed by atoms with van der Waals surface area (Å²) in [6.45, 7) is 3.83. The van der Waals surface area contributed by atoms with Crippen molar-refractivity contribution >= 4 is 22.8 Å². The molecule has 0 fully saturated rings. The number of carboxylic acid groups (broad SMARTS) is 1. The molecule has 2 aromatic rings. The van der Waals surface area contributed by atoms with Gasteiger partial charge in [-0.15, -0.1) is 0 Å². The summed E-state index contributed by atoms with van der Waals surface area (Å²) < 4.78 is 5.44. The zero-order chi connectivity index (χ0) is 14.7. The number of carbonyl (C=O) groups is 2. The third-order valence-corrected chi connectivity index (χ3v) is 3.21. The fraction of sp³-hybridized carbons (Fsp3) is 0.333. The Labute approximate surface area is 116 Å². The molecule has 0 bridgehead atoms. The summed E-state index contributed by atoms with van der Waals surface area (Å²) in [6, 6.07) is 5.79. The van der Waals surface area contributed by atoms with Crippen LogP contribution in [0.3, 0.4) is 0 Å². The second kappa shape index (κ2) is 5.77. The molecule has 2 rings (SSSR count). The summed E-state index contributed by atoms with van der Waals surface area (Å²) in [4.78, 5) is 24.1. The number of likely N-dealkylation sites (N-methyl/N-ethyl adjacent to an activating group) is 1. The molecule has 0 saturated carbocycles. The first-order valence-corrected chi connectivity index (χ1v) is 6.47. The Morgan fingerprint density at radius 1 is 1.35 bits per heavy atom. The van der Waals surface area contributed by atoms with Crippen molar-refractivity contribution in [3.63, 3.8) is 0 Å². The van der Waals surface area contributed by atoms with Gasteiger partial charge in [0.25, 0.3) is 0 Å². The largest absolute Gasteiger partial charge is 0.480 e. The summed E-state index contributed by atoms with van der Waals surface area (Å²) in [5, 5.41) is 9.68. The Morgan fingerprint density at radius 3 is 2.75 bits per heavy atom. The number of furan rings is 1. The molecule has 0 saturated heterocycles. The molecular weight excluding hydrogens is 258 g/mol. The van der Waals surface area contributed by atoms with Crippen LogP contribution in [-0.2, 0) is 16.0 Å². The van der Waals surface area contributed by atoms with Gasteiger partial charge >= 0.3 is 5.97 Å². The van der Waals surface area contributed by atoms with Crippen LogP contribution >= 0.6 is 0 Å². The van der Waals surface area contributed by atoms with Gasteiger partial charge in [-0.3, -0.25) is 9.59 Å². The van der Waals surface area contributed by atoms with Gasteiger partial charge in [0.1, 0.15) is 12.1 Å². The van der Waals surface area contributed by atoms with Crippen molar-refractivity contribution in [2.45, 2.75) is 20.3 Å². The van der Waals surface area contributed by atoms with Crippen LogP contribution in [-0.4, -0.2) is 35.0 Å². The van der Waals surface area contributed by atoms with Crippen LogP contribution in [0.5, 0.6) is 0 Å². The minimum atomic E-state index is -1.01. The molecule has 0 unspecified atom stereocenters. The molecule has 106 valence electrons. The summed E-state index contributed by atoms with van der Waals surface area (Å²) in [5.41, 5.74) is 2.62. The van der Waals surface area contributed by atoms with Crippen LogP contribution in [0.25, 0.3) is 11.0 Å². The van der Waals surface area contributed by atoms with E-state index >= 15 is 0 Å². The molecule has 0 aliphatic heterocycles. The first-order valence-electron chi connectivity index (χ1n) is 6.47. The fourth-order valence-electron chi connectivity index (χ4n) is 2.14. The van der Waals surface area contributed by atoms with Gasteiger partial charge in [-0.1, -0.05) is 12.1 Å². The predicted octanol–water partition coefficient (Wildman–Crippen LogP) is 2.22. The lowest BCUT2D eigenvalue weighted by molar-refractivity contribution is -0.144. The summed E-state index contributed by atoms with van der Waals surface area (Å²) in [7, 11) is 0. The normalized spacial score (nSPS) is 10.7. The van der Waals surface area contributed by atoms with E-state index in [-0.39, 0.29) is 18.9 Å². The van der Waals surface area contributed by atoms with Gasteiger partial charge < -0.3 is 14.4 Å². The van der Waals surface area contributed by atoms with Crippen molar-refractivity contribution < 1.29 is 19.1 Å². The lowest BCUT2D eigenvalue weighted by atomic mass is 10.1. The number of hydrogen-bond donors (Lipinski definition) is 1. The molecule has 0 aliphatic carbocycles. The Hall–Kier alpha value is -2.30. The second-order valence-electron chi connectivity index (χ2n) is 4.74. The SMILES string of the molecule is CCN(CC(=O)O)C(=O)Cc1coc2cc(C)ccc12. The lowest BCUT2D eigenvalue weighted by Gasteiger charge is -2.18. The topological polar surface area (TPSA) is 70.8 Å². The molecule has 1 N–H and O–H groups in total. The van der Waals surface area contributed by atoms with E-state index in [1.54, 1.807) is 13.2 Å². The molecule has 20 heavy (non-hydrogen) atoms. The zero-order valence-electron chi connectivity index (χ0n) is 11.5. The maximum absolute atomic E-state index is 12.1. The second-order valence-corrected chi connectivity index (χ2v) is 4.74. The van der Waals surface area contributed by atoms with Crippen LogP contribution in [0.2, 0.25) is 0 Å². The molecule has 5 nitrogen and oxygen atoms in total. The molecule has 1 heterocycles. The monoisotopic (exact) mass is 275 g/mol. The maximum Gasteiger partial charge on any atom is 0.323 e. The van der Waals surface area contributed by atoms with Crippen LogP contribution < -0.4 is 0 Å². The summed E-state index contributed by atoms with van der Waals surface area (Å²) >= 11 is 0. The van der Waals surface area contributed by atoms with Gasteiger partial charge in [-0.2, -0.15) is 0 Å². The van der Waals surface area contributed by atoms with Crippen molar-refractivity contribution in [3.8, 4) is 0 Å². The molecule has 5 heteroatoms. The summed E-state index contributed by atoms with van der Waals surface area (Å²) in [6.07, 6.45) is 1.72. The van der Waals surface area contributed by atoms with Crippen LogP contribution in [0.4, 0.5) is 0 Å². The minimum absolute atomic E-state index is 0.150. The number of aryl methyl sites for hydroxylation is 1. The maximum atomic E-state index is 12.1. The first kappa shape index (κ1) is 14.1. The van der Waals surface area contributed by atoms with E-state index in [0.717, 1.165) is 22.1 Å². The zero-order valence-corrected chi connectivity index (χ0v) is 11.5. The van der Waals surface area contributed by atoms with Crippen molar-refractivity contribution in [1.82, 2.24) is 4.90 Å². The Morgan fingerprint density at radius 2 is 2.10 bits per heavy atom. The lowest BCUT2D eigenvalue weighted by Crippen LogP contribution is -2.36. The number of nitrogens with zero attached hydrogens (tertiary/aromatic N) is 1. The van der Waals surface area contributed by atoms with Gasteiger partial charge in [-0.05, 0) is 25.5 Å². The Bertz CT molecular complexity index is 644. The average molecular weight is 275 g/mol. The van der Waals surface area contributed by atoms with Gasteiger partial charge in [0.15, 0.2) is 0 Å². The van der Waals surface area contributed by atoms with Crippen LogP contribution in [0, 0.1) is 6.92 Å². The smallest absolute Gasteiger partial charge is 0.323 e. The summed E-state index contributed by atoms with van der Waals surface area (Å²) in [5.74, 6) is -1.22. The van der Waals surface area contributed by atoms with Gasteiger partial charge in [-0.25, -0.2) is 0 Å². The molecule has 1 aromatic heterocycles. The number of rotatable bonds is 5. The van der Waals surface area contributed by atoms with Gasteiger partial charge in [0.2, 0.25) is 5.91 Å². The predicted molar refractivity (Wildman–Crippen MR) is 74.5 cm³/mol. The molecule has 0 radical (unpaired) electrons. The molecule has 0 spiro atoms. The number of fused-ring (bicyclic) bond motifs is 1. The first-order chi connectivity index (χ1) is 9.51. The quantitative estimate of drug-likeness (QED) is 0.908. The Balaban J connectivity index is 2.19. The number of amides is 1. The molecule has 0 atom stereocenters. The molecule has 0 aliphatic rings. The van der Waals surface area contributed by atoms with Gasteiger partial charge in [0, 0.05) is 17.5 Å². The number of aliphatic carboxylic acids is 1. The van der Waals surface area contributed by atoms with E-state index in [1.807, 2.05) is 25.1 Å². The number of carboxylic acids is 1. The molecule has 1 aromatic carbocycles. The third-order valence-electron chi connectivity index (χ3n) is 3.21. The number of hydrogen-bond acceptors (Lipinski definition) is 3. The molecule has 1 amide bonds. The van der Waals surface area contributed by atoms with Crippen LogP contribution in [0.1, 0.15) is 18.1 Å². The highest BCUT2D eigenvalue weighted by molar-refractivity contribution is 5.89. The number of carbonyl (C=O) groups excluding carboxylic acids is 1. The minimum Gasteiger partial charge on any atom is -0.480 e. The van der Waals surface area contributed by atoms with Gasteiger partial charge in [0.05, 0.1) is 12.7 Å². The highest BCUT2D eigenvalue weighted by atomic mass is 16.4. The van der Waals surface area contributed by atoms with E-state index in [0.29, 0.717) is 6.54 Å². The highest BCUT2D eigenvalue weighted by Crippen LogP contribution is 2.23. The van der Waals surface area contributed by atoms with Crippen molar-refractivity contribution in [2.75, 3.05) is 13.1 Å². The third kappa shape index (κ3) is 2.99. The van der Waals surface area contributed by atoms with Crippen LogP contribution in [0.15, 0.2) is 28.9 Å². The van der Waals surface area contributed by atoms with Crippen molar-refractivity contribution in [3.05, 3.63) is 35.6 Å². The Kier molecular flexibility index (Phi) is 4.08. The average Bonchev–Trinajstić information content (AvgIpc) is 2.77. The standard InChI is InChI=1S/C15H17NO4/c1-3-16(8-15(18)19)14(17)7-11-9-20-13-6-10(2)4-5-12(11)13/h4-6,9H,3,7-8H2,1-2H3,(H,18,19). The molecular formula is C15H17NO4. The van der Waals surface area contributed by atoms with E-state index in [9.17, 15) is 9.59 Å². The van der Waals surface area contributed by atoms with E-state index in [2.05, 4.69) is 0 Å². The van der Waals surface area contributed by atoms with E-state index < -0.39 is 5.97 Å². The van der Waals surface area contributed by atoms with Crippen molar-refractivity contribution in [1.29, 1.82) is 0 Å². The van der Waals surface area contributed by atoms with E-state index in [4.69, 9.17) is 9.52 Å². The van der Waals surface area contributed by atoms with E-state index in [1.165, 1.54) is 4.90 Å².